The van der Waals surface area contributed by atoms with Crippen LogP contribution in [0.3, 0.4) is 0 Å². The van der Waals surface area contributed by atoms with E-state index in [1.54, 1.807) is 0 Å². The third-order valence-electron chi connectivity index (χ3n) is 6.54. The summed E-state index contributed by atoms with van der Waals surface area (Å²) in [5, 5.41) is 8.81. The predicted octanol–water partition coefficient (Wildman–Crippen LogP) is 5.25. The summed E-state index contributed by atoms with van der Waals surface area (Å²) < 4.78 is 17.4. The molecule has 1 aromatic rings. The zero-order valence-corrected chi connectivity index (χ0v) is 18.4. The maximum Gasteiger partial charge on any atom is 0.341 e. The number of ether oxygens (including phenoxy) is 3. The molecular formula is C25H38O5. The van der Waals surface area contributed by atoms with E-state index in [-0.39, 0.29) is 6.61 Å². The van der Waals surface area contributed by atoms with Crippen LogP contribution in [0.5, 0.6) is 5.75 Å². The maximum atomic E-state index is 10.7. The molecule has 168 valence electrons. The average Bonchev–Trinajstić information content (AvgIpc) is 3.34. The zero-order valence-electron chi connectivity index (χ0n) is 18.4. The highest BCUT2D eigenvalue weighted by atomic mass is 16.5. The smallest absolute Gasteiger partial charge is 0.341 e. The molecule has 0 aromatic heterocycles. The number of rotatable bonds is 15. The maximum absolute atomic E-state index is 10.7. The van der Waals surface area contributed by atoms with Crippen molar-refractivity contribution in [2.24, 2.45) is 11.8 Å². The molecule has 2 aliphatic rings. The fourth-order valence-electron chi connectivity index (χ4n) is 5.05. The van der Waals surface area contributed by atoms with E-state index in [4.69, 9.17) is 19.3 Å². The predicted molar refractivity (Wildman–Crippen MR) is 117 cm³/mol. The van der Waals surface area contributed by atoms with Gasteiger partial charge in [0.15, 0.2) is 6.61 Å². The molecule has 3 rings (SSSR count). The van der Waals surface area contributed by atoms with Gasteiger partial charge in [0, 0.05) is 13.2 Å². The van der Waals surface area contributed by atoms with Crippen molar-refractivity contribution in [3.05, 3.63) is 29.8 Å². The molecule has 4 atom stereocenters. The number of hydrogen-bond acceptors (Lipinski definition) is 4. The summed E-state index contributed by atoms with van der Waals surface area (Å²) in [6, 6.07) is 7.87. The minimum atomic E-state index is -0.952. The van der Waals surface area contributed by atoms with Gasteiger partial charge in [0.1, 0.15) is 5.75 Å². The molecule has 0 amide bonds. The van der Waals surface area contributed by atoms with Gasteiger partial charge in [0.25, 0.3) is 0 Å². The second-order valence-electron chi connectivity index (χ2n) is 8.82. The van der Waals surface area contributed by atoms with Gasteiger partial charge in [-0.2, -0.15) is 0 Å². The molecule has 0 radical (unpaired) electrons. The topological polar surface area (TPSA) is 65.0 Å². The molecule has 30 heavy (non-hydrogen) atoms. The number of unbranched alkanes of at least 4 members (excludes halogenated alkanes) is 4. The Bertz CT molecular complexity index is 646. The van der Waals surface area contributed by atoms with Crippen LogP contribution in [-0.2, 0) is 20.7 Å². The summed E-state index contributed by atoms with van der Waals surface area (Å²) in [4.78, 5) is 10.7. The van der Waals surface area contributed by atoms with Crippen LogP contribution in [0.1, 0.15) is 70.3 Å². The van der Waals surface area contributed by atoms with E-state index in [2.05, 4.69) is 13.0 Å². The summed E-state index contributed by atoms with van der Waals surface area (Å²) >= 11 is 0. The highest BCUT2D eigenvalue weighted by Crippen LogP contribution is 2.47. The van der Waals surface area contributed by atoms with Crippen molar-refractivity contribution in [1.82, 2.24) is 0 Å². The van der Waals surface area contributed by atoms with Crippen LogP contribution in [0.25, 0.3) is 0 Å². The molecule has 0 saturated carbocycles. The number of benzene rings is 1. The van der Waals surface area contributed by atoms with Crippen LogP contribution in [0.2, 0.25) is 0 Å². The van der Waals surface area contributed by atoms with Gasteiger partial charge in [-0.05, 0) is 68.1 Å². The van der Waals surface area contributed by atoms with Crippen molar-refractivity contribution >= 4 is 5.97 Å². The Kier molecular flexibility index (Phi) is 9.47. The van der Waals surface area contributed by atoms with Crippen molar-refractivity contribution in [2.75, 3.05) is 19.8 Å². The molecule has 2 saturated heterocycles. The summed E-state index contributed by atoms with van der Waals surface area (Å²) in [5.74, 6) is 0.851. The molecule has 1 aromatic carbocycles. The van der Waals surface area contributed by atoms with Gasteiger partial charge in [-0.15, -0.1) is 0 Å². The standard InChI is InChI=1S/C25H38O5/c1-2-3-4-6-14-28-15-7-5-11-21-22(24-13-12-23(21)30-24)17-19-9-8-10-20(16-19)29-18-25(26)27/h8-10,16,21-24H,2-7,11-15,17-18H2,1H3,(H,26,27)/t21-,22+,23-,24+/m1/s1. The lowest BCUT2D eigenvalue weighted by Gasteiger charge is -2.28. The Hall–Kier alpha value is -1.59. The lowest BCUT2D eigenvalue weighted by atomic mass is 9.74. The monoisotopic (exact) mass is 418 g/mol. The van der Waals surface area contributed by atoms with Gasteiger partial charge in [0.05, 0.1) is 12.2 Å². The highest BCUT2D eigenvalue weighted by Gasteiger charge is 2.47. The molecule has 2 bridgehead atoms. The summed E-state index contributed by atoms with van der Waals surface area (Å²) in [5.41, 5.74) is 1.21. The van der Waals surface area contributed by atoms with E-state index in [0.717, 1.165) is 26.1 Å². The molecule has 0 aliphatic carbocycles. The van der Waals surface area contributed by atoms with Crippen molar-refractivity contribution < 1.29 is 24.1 Å². The van der Waals surface area contributed by atoms with Gasteiger partial charge in [-0.3, -0.25) is 0 Å². The first kappa shape index (κ1) is 23.1. The third-order valence-corrected chi connectivity index (χ3v) is 6.54. The molecule has 2 aliphatic heterocycles. The second kappa shape index (κ2) is 12.3. The number of carboxylic acids is 1. The number of carbonyl (C=O) groups is 1. The van der Waals surface area contributed by atoms with Gasteiger partial charge in [-0.1, -0.05) is 44.7 Å². The van der Waals surface area contributed by atoms with E-state index < -0.39 is 5.97 Å². The van der Waals surface area contributed by atoms with Crippen LogP contribution < -0.4 is 4.74 Å². The number of carboxylic acid groups (broad SMARTS) is 1. The van der Waals surface area contributed by atoms with E-state index >= 15 is 0 Å². The molecule has 1 N–H and O–H groups in total. The normalized spacial score (nSPS) is 25.0. The lowest BCUT2D eigenvalue weighted by Crippen LogP contribution is -2.29. The number of fused-ring (bicyclic) bond motifs is 2. The minimum absolute atomic E-state index is 0.302. The Morgan fingerprint density at radius 3 is 2.60 bits per heavy atom. The van der Waals surface area contributed by atoms with Crippen LogP contribution in [0, 0.1) is 11.8 Å². The fraction of sp³-hybridized carbons (Fsp3) is 0.720. The molecule has 5 nitrogen and oxygen atoms in total. The molecule has 5 heteroatoms. The minimum Gasteiger partial charge on any atom is -0.482 e. The SMILES string of the molecule is CCCCCCOCCCC[C@@H]1[C@H](Cc2cccc(OCC(=O)O)c2)[C@@H]2CC[C@H]1O2. The Labute approximate surface area is 181 Å². The van der Waals surface area contributed by atoms with Gasteiger partial charge in [-0.25, -0.2) is 4.79 Å². The largest absolute Gasteiger partial charge is 0.482 e. The van der Waals surface area contributed by atoms with Crippen LogP contribution >= 0.6 is 0 Å². The van der Waals surface area contributed by atoms with Crippen LogP contribution in [0.4, 0.5) is 0 Å². The summed E-state index contributed by atoms with van der Waals surface area (Å²) in [7, 11) is 0. The zero-order chi connectivity index (χ0) is 21.2. The quantitative estimate of drug-likeness (QED) is 0.394. The van der Waals surface area contributed by atoms with E-state index in [1.807, 2.05) is 18.2 Å². The van der Waals surface area contributed by atoms with Crippen LogP contribution in [0.15, 0.2) is 24.3 Å². The fourth-order valence-corrected chi connectivity index (χ4v) is 5.05. The van der Waals surface area contributed by atoms with Crippen molar-refractivity contribution in [3.63, 3.8) is 0 Å². The molecule has 2 heterocycles. The molecule has 0 spiro atoms. The summed E-state index contributed by atoms with van der Waals surface area (Å²) in [6.07, 6.45) is 12.7. The Morgan fingerprint density at radius 2 is 1.83 bits per heavy atom. The second-order valence-corrected chi connectivity index (χ2v) is 8.82. The number of aliphatic carboxylic acids is 1. The lowest BCUT2D eigenvalue weighted by molar-refractivity contribution is -0.139. The van der Waals surface area contributed by atoms with Gasteiger partial charge in [0.2, 0.25) is 0 Å². The van der Waals surface area contributed by atoms with E-state index in [9.17, 15) is 4.79 Å². The third kappa shape index (κ3) is 6.98. The van der Waals surface area contributed by atoms with E-state index in [1.165, 1.54) is 56.9 Å². The summed E-state index contributed by atoms with van der Waals surface area (Å²) in [6.45, 7) is 3.71. The van der Waals surface area contributed by atoms with Crippen molar-refractivity contribution in [3.8, 4) is 5.75 Å². The number of hydrogen-bond donors (Lipinski definition) is 1. The first-order valence-corrected chi connectivity index (χ1v) is 11.8. The van der Waals surface area contributed by atoms with Gasteiger partial charge < -0.3 is 19.3 Å². The first-order chi connectivity index (χ1) is 14.7. The molecule has 2 fully saturated rings. The van der Waals surface area contributed by atoms with Crippen LogP contribution in [-0.4, -0.2) is 43.1 Å². The molecular weight excluding hydrogens is 380 g/mol. The first-order valence-electron chi connectivity index (χ1n) is 11.8. The van der Waals surface area contributed by atoms with E-state index in [0.29, 0.717) is 29.8 Å². The highest BCUT2D eigenvalue weighted by molar-refractivity contribution is 5.68. The average molecular weight is 419 g/mol. The van der Waals surface area contributed by atoms with Gasteiger partial charge >= 0.3 is 5.97 Å². The van der Waals surface area contributed by atoms with Crippen molar-refractivity contribution in [1.29, 1.82) is 0 Å². The molecule has 0 unspecified atom stereocenters. The van der Waals surface area contributed by atoms with Crippen molar-refractivity contribution in [2.45, 2.75) is 83.3 Å². The Balaban J connectivity index is 1.42. The Morgan fingerprint density at radius 1 is 1.07 bits per heavy atom.